The minimum Gasteiger partial charge on any atom is -0.398 e. The van der Waals surface area contributed by atoms with E-state index in [2.05, 4.69) is 28.6 Å². The van der Waals surface area contributed by atoms with E-state index in [4.69, 9.17) is 5.73 Å². The van der Waals surface area contributed by atoms with Gasteiger partial charge in [-0.3, -0.25) is 4.99 Å². The van der Waals surface area contributed by atoms with Gasteiger partial charge in [0, 0.05) is 17.9 Å². The van der Waals surface area contributed by atoms with E-state index < -0.39 is 0 Å². The van der Waals surface area contributed by atoms with Gasteiger partial charge < -0.3 is 16.4 Å². The molecule has 4 heteroatoms. The Morgan fingerprint density at radius 3 is 2.80 bits per heavy atom. The molecule has 15 heavy (non-hydrogen) atoms. The number of hydrogen-bond donors (Lipinski definition) is 3. The number of guanidine groups is 1. The molecule has 0 saturated carbocycles. The second-order valence-electron chi connectivity index (χ2n) is 3.81. The van der Waals surface area contributed by atoms with Gasteiger partial charge in [0.05, 0.1) is 6.54 Å². The van der Waals surface area contributed by atoms with Crippen molar-refractivity contribution in [3.05, 3.63) is 23.3 Å². The van der Waals surface area contributed by atoms with Crippen LogP contribution >= 0.6 is 0 Å². The molecular formula is C11H16N4. The molecule has 4 nitrogen and oxygen atoms in total. The van der Waals surface area contributed by atoms with E-state index in [9.17, 15) is 0 Å². The van der Waals surface area contributed by atoms with Gasteiger partial charge in [0.2, 0.25) is 0 Å². The lowest BCUT2D eigenvalue weighted by atomic mass is 10.1. The van der Waals surface area contributed by atoms with Gasteiger partial charge in [-0.2, -0.15) is 0 Å². The van der Waals surface area contributed by atoms with E-state index in [1.165, 1.54) is 5.56 Å². The number of rotatable bonds is 1. The van der Waals surface area contributed by atoms with Crippen LogP contribution in [0.5, 0.6) is 0 Å². The molecule has 0 spiro atoms. The van der Waals surface area contributed by atoms with Gasteiger partial charge in [-0.05, 0) is 31.0 Å². The summed E-state index contributed by atoms with van der Waals surface area (Å²) in [6.45, 7) is 5.81. The van der Waals surface area contributed by atoms with Gasteiger partial charge in [0.25, 0.3) is 0 Å². The molecule has 1 aromatic rings. The number of nitrogens with one attached hydrogen (secondary N) is 2. The van der Waals surface area contributed by atoms with Gasteiger partial charge in [-0.1, -0.05) is 6.07 Å². The van der Waals surface area contributed by atoms with Crippen molar-refractivity contribution in [1.82, 2.24) is 5.32 Å². The molecule has 0 bridgehead atoms. The van der Waals surface area contributed by atoms with Crippen molar-refractivity contribution in [3.63, 3.8) is 0 Å². The second-order valence-corrected chi connectivity index (χ2v) is 3.81. The normalized spacial score (nSPS) is 14.7. The fraction of sp³-hybridized carbons (Fsp3) is 0.364. The average molecular weight is 204 g/mol. The highest BCUT2D eigenvalue weighted by molar-refractivity contribution is 5.95. The molecule has 0 aromatic heterocycles. The molecule has 1 aromatic carbocycles. The Morgan fingerprint density at radius 2 is 2.13 bits per heavy atom. The average Bonchev–Trinajstić information content (AvgIpc) is 2.67. The molecule has 1 aliphatic heterocycles. The third-order valence-electron chi connectivity index (χ3n) is 2.54. The summed E-state index contributed by atoms with van der Waals surface area (Å²) in [4.78, 5) is 4.28. The maximum Gasteiger partial charge on any atom is 0.195 e. The Morgan fingerprint density at radius 1 is 1.33 bits per heavy atom. The van der Waals surface area contributed by atoms with Crippen LogP contribution in [0.15, 0.2) is 17.1 Å². The molecule has 0 amide bonds. The van der Waals surface area contributed by atoms with Crippen LogP contribution < -0.4 is 16.4 Å². The summed E-state index contributed by atoms with van der Waals surface area (Å²) in [5, 5.41) is 6.40. The lowest BCUT2D eigenvalue weighted by Crippen LogP contribution is -2.26. The predicted octanol–water partition coefficient (Wildman–Crippen LogP) is 1.26. The maximum atomic E-state index is 5.86. The quantitative estimate of drug-likeness (QED) is 0.603. The number of nitrogen functional groups attached to an aromatic ring is 1. The van der Waals surface area contributed by atoms with Crippen LogP contribution in [0.1, 0.15) is 11.1 Å². The predicted molar refractivity (Wildman–Crippen MR) is 64.3 cm³/mol. The van der Waals surface area contributed by atoms with Crippen LogP contribution in [0.25, 0.3) is 0 Å². The standard InChI is InChI=1S/C11H16N4/c1-7-5-8(2)10(6-9(7)12)15-11-13-3-4-14-11/h5-6H,3-4,12H2,1-2H3,(H2,13,14,15). The SMILES string of the molecule is Cc1cc(C)c(NC2=NCCN2)cc1N. The first-order chi connectivity index (χ1) is 7.16. The summed E-state index contributed by atoms with van der Waals surface area (Å²) in [5.74, 6) is 0.835. The zero-order chi connectivity index (χ0) is 10.8. The molecule has 4 N–H and O–H groups in total. The van der Waals surface area contributed by atoms with Gasteiger partial charge in [-0.15, -0.1) is 0 Å². The molecule has 0 radical (unpaired) electrons. The number of hydrogen-bond acceptors (Lipinski definition) is 4. The van der Waals surface area contributed by atoms with Crippen molar-refractivity contribution < 1.29 is 0 Å². The number of aliphatic imine (C=N–C) groups is 1. The molecule has 0 fully saturated rings. The number of aryl methyl sites for hydroxylation is 2. The number of anilines is 2. The zero-order valence-corrected chi connectivity index (χ0v) is 9.09. The topological polar surface area (TPSA) is 62.4 Å². The molecule has 0 aliphatic carbocycles. The van der Waals surface area contributed by atoms with Gasteiger partial charge in [0.15, 0.2) is 5.96 Å². The summed E-state index contributed by atoms with van der Waals surface area (Å²) < 4.78 is 0. The minimum atomic E-state index is 0.807. The molecule has 2 rings (SSSR count). The van der Waals surface area contributed by atoms with Crippen LogP contribution in [-0.2, 0) is 0 Å². The molecule has 0 atom stereocenters. The van der Waals surface area contributed by atoms with Crippen LogP contribution in [0.4, 0.5) is 11.4 Å². The van der Waals surface area contributed by atoms with Crippen LogP contribution in [0, 0.1) is 13.8 Å². The van der Waals surface area contributed by atoms with E-state index >= 15 is 0 Å². The number of nitrogens with zero attached hydrogens (tertiary/aromatic N) is 1. The molecule has 0 unspecified atom stereocenters. The van der Waals surface area contributed by atoms with Crippen molar-refractivity contribution in [3.8, 4) is 0 Å². The first-order valence-electron chi connectivity index (χ1n) is 5.09. The van der Waals surface area contributed by atoms with Crippen LogP contribution in [0.3, 0.4) is 0 Å². The molecule has 1 heterocycles. The monoisotopic (exact) mass is 204 g/mol. The van der Waals surface area contributed by atoms with Crippen molar-refractivity contribution >= 4 is 17.3 Å². The Labute approximate surface area is 89.6 Å². The van der Waals surface area contributed by atoms with Gasteiger partial charge >= 0.3 is 0 Å². The molecular weight excluding hydrogens is 188 g/mol. The molecule has 0 saturated heterocycles. The second kappa shape index (κ2) is 3.81. The summed E-state index contributed by atoms with van der Waals surface area (Å²) in [7, 11) is 0. The smallest absolute Gasteiger partial charge is 0.195 e. The van der Waals surface area contributed by atoms with Crippen molar-refractivity contribution in [1.29, 1.82) is 0 Å². The molecule has 1 aliphatic rings. The van der Waals surface area contributed by atoms with Crippen molar-refractivity contribution in [2.75, 3.05) is 24.1 Å². The van der Waals surface area contributed by atoms with E-state index in [-0.39, 0.29) is 0 Å². The van der Waals surface area contributed by atoms with Gasteiger partial charge in [0.1, 0.15) is 0 Å². The van der Waals surface area contributed by atoms with Crippen molar-refractivity contribution in [2.24, 2.45) is 4.99 Å². The fourth-order valence-electron chi connectivity index (χ4n) is 1.61. The molecule has 80 valence electrons. The van der Waals surface area contributed by atoms with Crippen LogP contribution in [0.2, 0.25) is 0 Å². The highest BCUT2D eigenvalue weighted by Crippen LogP contribution is 2.22. The van der Waals surface area contributed by atoms with E-state index in [0.717, 1.165) is 36.0 Å². The first-order valence-corrected chi connectivity index (χ1v) is 5.09. The summed E-state index contributed by atoms with van der Waals surface area (Å²) in [5.41, 5.74) is 9.98. The lowest BCUT2D eigenvalue weighted by Gasteiger charge is -2.12. The van der Waals surface area contributed by atoms with Gasteiger partial charge in [-0.25, -0.2) is 0 Å². The Kier molecular flexibility index (Phi) is 2.49. The maximum absolute atomic E-state index is 5.86. The summed E-state index contributed by atoms with van der Waals surface area (Å²) >= 11 is 0. The Hall–Kier alpha value is -1.71. The number of nitrogens with two attached hydrogens (primary N) is 1. The Bertz CT molecular complexity index is 409. The third-order valence-corrected chi connectivity index (χ3v) is 2.54. The first kappa shape index (κ1) is 9.83. The summed E-state index contributed by atoms with van der Waals surface area (Å²) in [6, 6.07) is 4.03. The van der Waals surface area contributed by atoms with E-state index in [0.29, 0.717) is 0 Å². The van der Waals surface area contributed by atoms with Crippen molar-refractivity contribution in [2.45, 2.75) is 13.8 Å². The zero-order valence-electron chi connectivity index (χ0n) is 9.09. The van der Waals surface area contributed by atoms with Crippen LogP contribution in [-0.4, -0.2) is 19.0 Å². The highest BCUT2D eigenvalue weighted by Gasteiger charge is 2.07. The van der Waals surface area contributed by atoms with E-state index in [1.54, 1.807) is 0 Å². The largest absolute Gasteiger partial charge is 0.398 e. The highest BCUT2D eigenvalue weighted by atomic mass is 15.2. The third kappa shape index (κ3) is 2.03. The minimum absolute atomic E-state index is 0.807. The fourth-order valence-corrected chi connectivity index (χ4v) is 1.61. The Balaban J connectivity index is 2.24. The summed E-state index contributed by atoms with van der Waals surface area (Å²) in [6.07, 6.45) is 0. The number of benzene rings is 1. The lowest BCUT2D eigenvalue weighted by molar-refractivity contribution is 0.959. The van der Waals surface area contributed by atoms with E-state index in [1.807, 2.05) is 13.0 Å².